The Balaban J connectivity index is 1.20. The Kier molecular flexibility index (Phi) is 5.67. The minimum absolute atomic E-state index is 0.245. The molecule has 3 heterocycles. The van der Waals surface area contributed by atoms with E-state index in [-0.39, 0.29) is 11.7 Å². The zero-order valence-electron chi connectivity index (χ0n) is 18.1. The summed E-state index contributed by atoms with van der Waals surface area (Å²) in [6.07, 6.45) is 2.92. The van der Waals surface area contributed by atoms with Gasteiger partial charge in [-0.25, -0.2) is 4.98 Å². The fraction of sp³-hybridized carbons (Fsp3) is 0.185. The molecule has 0 spiro atoms. The first-order valence-electron chi connectivity index (χ1n) is 11.1. The number of aliphatic hydroxyl groups is 1. The lowest BCUT2D eigenvalue weighted by molar-refractivity contribution is 0.0116. The van der Waals surface area contributed by atoms with Gasteiger partial charge < -0.3 is 19.7 Å². The van der Waals surface area contributed by atoms with Crippen LogP contribution in [-0.2, 0) is 5.60 Å². The van der Waals surface area contributed by atoms with Crippen LogP contribution in [0.3, 0.4) is 0 Å². The number of carbonyl (C=O) groups is 1. The number of rotatable bonds is 5. The van der Waals surface area contributed by atoms with Crippen LogP contribution in [0.15, 0.2) is 95.5 Å². The Morgan fingerprint density at radius 2 is 1.61 bits per heavy atom. The second-order valence-corrected chi connectivity index (χ2v) is 8.27. The lowest BCUT2D eigenvalue weighted by Crippen LogP contribution is -2.42. The van der Waals surface area contributed by atoms with Gasteiger partial charge in [-0.3, -0.25) is 4.79 Å². The minimum Gasteiger partial charge on any atom is -0.451 e. The molecule has 33 heavy (non-hydrogen) atoms. The van der Waals surface area contributed by atoms with Gasteiger partial charge in [-0.1, -0.05) is 60.7 Å². The molecule has 1 fully saturated rings. The van der Waals surface area contributed by atoms with Crippen molar-refractivity contribution in [1.82, 2.24) is 4.98 Å². The zero-order valence-corrected chi connectivity index (χ0v) is 18.1. The quantitative estimate of drug-likeness (QED) is 0.453. The zero-order chi connectivity index (χ0) is 22.7. The molecule has 2 aromatic carbocycles. The van der Waals surface area contributed by atoms with Gasteiger partial charge in [-0.2, -0.15) is 0 Å². The number of nitrogens with one attached hydrogen (secondary N) is 1. The van der Waals surface area contributed by atoms with Crippen LogP contribution in [0.2, 0.25) is 0 Å². The predicted octanol–water partition coefficient (Wildman–Crippen LogP) is 5.08. The van der Waals surface area contributed by atoms with Crippen LogP contribution in [0, 0.1) is 0 Å². The summed E-state index contributed by atoms with van der Waals surface area (Å²) >= 11 is 0. The number of hydrogen-bond acceptors (Lipinski definition) is 5. The third-order valence-electron chi connectivity index (χ3n) is 6.12. The summed E-state index contributed by atoms with van der Waals surface area (Å²) in [4.78, 5) is 19.3. The monoisotopic (exact) mass is 439 g/mol. The van der Waals surface area contributed by atoms with E-state index in [1.54, 1.807) is 18.3 Å². The molecule has 1 saturated heterocycles. The van der Waals surface area contributed by atoms with Crippen molar-refractivity contribution in [3.63, 3.8) is 0 Å². The molecule has 0 radical (unpaired) electrons. The highest BCUT2D eigenvalue weighted by molar-refractivity contribution is 6.02. The van der Waals surface area contributed by atoms with Crippen LogP contribution in [0.1, 0.15) is 29.0 Å². The number of benzene rings is 2. The van der Waals surface area contributed by atoms with Gasteiger partial charge in [0.15, 0.2) is 5.76 Å². The maximum Gasteiger partial charge on any atom is 0.291 e. The Morgan fingerprint density at radius 1 is 0.909 bits per heavy atom. The molecule has 1 aliphatic rings. The molecule has 0 unspecified atom stereocenters. The third-order valence-corrected chi connectivity index (χ3v) is 6.12. The standard InChI is InChI=1S/C27H25N3O3/c31-26(24-13-12-23(33-24)20-7-3-1-4-8-20)29-22-11-14-25(28-19-22)30-17-15-27(32,16-18-30)21-9-5-2-6-10-21/h1-14,19,32H,15-18H2,(H,29,31). The summed E-state index contributed by atoms with van der Waals surface area (Å²) in [7, 11) is 0. The molecule has 0 aliphatic carbocycles. The topological polar surface area (TPSA) is 78.6 Å². The van der Waals surface area contributed by atoms with E-state index in [9.17, 15) is 9.90 Å². The van der Waals surface area contributed by atoms with Crippen molar-refractivity contribution >= 4 is 17.4 Å². The van der Waals surface area contributed by atoms with Crippen LogP contribution >= 0.6 is 0 Å². The Morgan fingerprint density at radius 3 is 2.27 bits per heavy atom. The van der Waals surface area contributed by atoms with E-state index >= 15 is 0 Å². The number of pyridine rings is 1. The Bertz CT molecular complexity index is 1210. The number of piperidine rings is 1. The van der Waals surface area contributed by atoms with Gasteiger partial charge in [0.2, 0.25) is 0 Å². The summed E-state index contributed by atoms with van der Waals surface area (Å²) in [6, 6.07) is 26.7. The molecular formula is C27H25N3O3. The molecular weight excluding hydrogens is 414 g/mol. The number of amides is 1. The molecule has 2 aromatic heterocycles. The molecule has 2 N–H and O–H groups in total. The van der Waals surface area contributed by atoms with Crippen molar-refractivity contribution in [3.05, 3.63) is 102 Å². The average Bonchev–Trinajstić information content (AvgIpc) is 3.37. The third kappa shape index (κ3) is 4.52. The maximum absolute atomic E-state index is 12.6. The van der Waals surface area contributed by atoms with Gasteiger partial charge in [0.1, 0.15) is 11.6 Å². The van der Waals surface area contributed by atoms with E-state index < -0.39 is 5.60 Å². The normalized spacial score (nSPS) is 15.2. The van der Waals surface area contributed by atoms with Crippen LogP contribution in [0.25, 0.3) is 11.3 Å². The summed E-state index contributed by atoms with van der Waals surface area (Å²) in [5, 5.41) is 13.9. The van der Waals surface area contributed by atoms with Gasteiger partial charge in [0.05, 0.1) is 17.5 Å². The summed E-state index contributed by atoms with van der Waals surface area (Å²) < 4.78 is 5.71. The van der Waals surface area contributed by atoms with Crippen molar-refractivity contribution in [2.45, 2.75) is 18.4 Å². The first-order valence-corrected chi connectivity index (χ1v) is 11.1. The highest BCUT2D eigenvalue weighted by atomic mass is 16.3. The molecule has 4 aromatic rings. The largest absolute Gasteiger partial charge is 0.451 e. The average molecular weight is 440 g/mol. The van der Waals surface area contributed by atoms with E-state index in [1.807, 2.05) is 72.8 Å². The van der Waals surface area contributed by atoms with Crippen molar-refractivity contribution in [2.75, 3.05) is 23.3 Å². The number of nitrogens with zero attached hydrogens (tertiary/aromatic N) is 2. The van der Waals surface area contributed by atoms with E-state index in [0.717, 1.165) is 16.9 Å². The van der Waals surface area contributed by atoms with Gasteiger partial charge in [-0.05, 0) is 42.7 Å². The molecule has 5 rings (SSSR count). The highest BCUT2D eigenvalue weighted by Crippen LogP contribution is 2.34. The number of anilines is 2. The lowest BCUT2D eigenvalue weighted by atomic mass is 9.84. The fourth-order valence-corrected chi connectivity index (χ4v) is 4.20. The molecule has 0 bridgehead atoms. The van der Waals surface area contributed by atoms with Crippen molar-refractivity contribution in [1.29, 1.82) is 0 Å². The Hall–Kier alpha value is -3.90. The van der Waals surface area contributed by atoms with Crippen molar-refractivity contribution in [2.24, 2.45) is 0 Å². The lowest BCUT2D eigenvalue weighted by Gasteiger charge is -2.39. The maximum atomic E-state index is 12.6. The first-order chi connectivity index (χ1) is 16.1. The number of aromatic nitrogens is 1. The van der Waals surface area contributed by atoms with E-state index in [0.29, 0.717) is 37.4 Å². The van der Waals surface area contributed by atoms with E-state index in [4.69, 9.17) is 4.42 Å². The van der Waals surface area contributed by atoms with Gasteiger partial charge in [0.25, 0.3) is 5.91 Å². The number of hydrogen-bond donors (Lipinski definition) is 2. The van der Waals surface area contributed by atoms with Crippen LogP contribution in [0.4, 0.5) is 11.5 Å². The number of furan rings is 1. The molecule has 0 saturated carbocycles. The van der Waals surface area contributed by atoms with E-state index in [2.05, 4.69) is 15.2 Å². The smallest absolute Gasteiger partial charge is 0.291 e. The molecule has 6 nitrogen and oxygen atoms in total. The van der Waals surface area contributed by atoms with Gasteiger partial charge in [0, 0.05) is 18.7 Å². The second kappa shape index (κ2) is 8.92. The minimum atomic E-state index is -0.798. The summed E-state index contributed by atoms with van der Waals surface area (Å²) in [5.41, 5.74) is 1.68. The van der Waals surface area contributed by atoms with Crippen LogP contribution < -0.4 is 10.2 Å². The molecule has 1 amide bonds. The molecule has 166 valence electrons. The first kappa shape index (κ1) is 21.0. The molecule has 6 heteroatoms. The Labute approximate surface area is 192 Å². The fourth-order valence-electron chi connectivity index (χ4n) is 4.20. The van der Waals surface area contributed by atoms with Crippen LogP contribution in [0.5, 0.6) is 0 Å². The summed E-state index contributed by atoms with van der Waals surface area (Å²) in [5.74, 6) is 1.40. The van der Waals surface area contributed by atoms with Gasteiger partial charge >= 0.3 is 0 Å². The van der Waals surface area contributed by atoms with Crippen molar-refractivity contribution < 1.29 is 14.3 Å². The van der Waals surface area contributed by atoms with Crippen molar-refractivity contribution in [3.8, 4) is 11.3 Å². The summed E-state index contributed by atoms with van der Waals surface area (Å²) in [6.45, 7) is 1.41. The molecule has 1 aliphatic heterocycles. The molecule has 0 atom stereocenters. The van der Waals surface area contributed by atoms with Gasteiger partial charge in [-0.15, -0.1) is 0 Å². The SMILES string of the molecule is O=C(Nc1ccc(N2CCC(O)(c3ccccc3)CC2)nc1)c1ccc(-c2ccccc2)o1. The highest BCUT2D eigenvalue weighted by Gasteiger charge is 2.34. The van der Waals surface area contributed by atoms with Crippen LogP contribution in [-0.4, -0.2) is 29.1 Å². The van der Waals surface area contributed by atoms with E-state index in [1.165, 1.54) is 0 Å². The second-order valence-electron chi connectivity index (χ2n) is 8.27. The predicted molar refractivity (Wildman–Crippen MR) is 128 cm³/mol. The number of carbonyl (C=O) groups excluding carboxylic acids is 1.